The smallest absolute Gasteiger partial charge is 0.338 e. The van der Waals surface area contributed by atoms with E-state index < -0.39 is 21.9 Å². The fourth-order valence-electron chi connectivity index (χ4n) is 2.94. The molecule has 0 spiro atoms. The Balaban J connectivity index is 2.45. The first kappa shape index (κ1) is 24.0. The average molecular weight is 451 g/mol. The predicted octanol–water partition coefficient (Wildman–Crippen LogP) is 2.92. The summed E-state index contributed by atoms with van der Waals surface area (Å²) in [5, 5.41) is 2.71. The molecule has 0 aromatic heterocycles. The van der Waals surface area contributed by atoms with Gasteiger partial charge in [0.25, 0.3) is 5.91 Å². The number of rotatable bonds is 9. The van der Waals surface area contributed by atoms with Gasteiger partial charge in [-0.25, -0.2) is 13.2 Å². The summed E-state index contributed by atoms with van der Waals surface area (Å²) in [4.78, 5) is 24.8. The van der Waals surface area contributed by atoms with Crippen molar-refractivity contribution in [3.8, 4) is 11.5 Å². The van der Waals surface area contributed by atoms with E-state index in [9.17, 15) is 18.0 Å². The molecule has 0 radical (unpaired) electrons. The van der Waals surface area contributed by atoms with Crippen molar-refractivity contribution in [2.24, 2.45) is 0 Å². The van der Waals surface area contributed by atoms with E-state index in [1.807, 2.05) is 0 Å². The van der Waals surface area contributed by atoms with Crippen molar-refractivity contribution in [1.82, 2.24) is 0 Å². The second-order valence-corrected chi connectivity index (χ2v) is 8.31. The van der Waals surface area contributed by atoms with Crippen LogP contribution in [-0.2, 0) is 14.8 Å². The Hall–Kier alpha value is -3.27. The average Bonchev–Trinajstić information content (AvgIpc) is 2.73. The summed E-state index contributed by atoms with van der Waals surface area (Å²) in [6.07, 6.45) is 1.06. The first-order valence-electron chi connectivity index (χ1n) is 9.48. The lowest BCUT2D eigenvalue weighted by atomic mass is 10.1. The number of anilines is 2. The summed E-state index contributed by atoms with van der Waals surface area (Å²) in [6.45, 7) is 3.74. The minimum Gasteiger partial charge on any atom is -0.493 e. The van der Waals surface area contributed by atoms with Gasteiger partial charge >= 0.3 is 5.97 Å². The minimum atomic E-state index is -3.66. The molecule has 0 bridgehead atoms. The molecule has 1 amide bonds. The van der Waals surface area contributed by atoms with E-state index in [-0.39, 0.29) is 35.9 Å². The van der Waals surface area contributed by atoms with Gasteiger partial charge in [0.15, 0.2) is 11.5 Å². The predicted molar refractivity (Wildman–Crippen MR) is 118 cm³/mol. The number of methoxy groups -OCH3 is 2. The maximum atomic E-state index is 13.1. The molecular formula is C21H26N2O7S. The number of hydrogen-bond acceptors (Lipinski definition) is 7. The summed E-state index contributed by atoms with van der Waals surface area (Å²) in [5.74, 6) is -0.454. The zero-order valence-electron chi connectivity index (χ0n) is 18.1. The van der Waals surface area contributed by atoms with E-state index >= 15 is 0 Å². The Labute approximate surface area is 182 Å². The highest BCUT2D eigenvalue weighted by atomic mass is 32.2. The number of nitrogens with one attached hydrogen (secondary N) is 1. The van der Waals surface area contributed by atoms with E-state index in [2.05, 4.69) is 5.32 Å². The van der Waals surface area contributed by atoms with E-state index in [1.165, 1.54) is 38.5 Å². The minimum absolute atomic E-state index is 0.0828. The molecule has 2 aromatic carbocycles. The first-order valence-corrected chi connectivity index (χ1v) is 11.3. The molecule has 168 valence electrons. The molecule has 9 nitrogen and oxygen atoms in total. The van der Waals surface area contributed by atoms with E-state index in [4.69, 9.17) is 14.2 Å². The fourth-order valence-corrected chi connectivity index (χ4v) is 3.92. The zero-order chi connectivity index (χ0) is 23.2. The quantitative estimate of drug-likeness (QED) is 0.585. The highest BCUT2D eigenvalue weighted by Gasteiger charge is 2.25. The van der Waals surface area contributed by atoms with Crippen molar-refractivity contribution in [1.29, 1.82) is 0 Å². The maximum Gasteiger partial charge on any atom is 0.338 e. The van der Waals surface area contributed by atoms with Gasteiger partial charge < -0.3 is 19.5 Å². The lowest BCUT2D eigenvalue weighted by Gasteiger charge is -2.24. The monoisotopic (exact) mass is 450 g/mol. The molecule has 0 unspecified atom stereocenters. The first-order chi connectivity index (χ1) is 14.7. The lowest BCUT2D eigenvalue weighted by Crippen LogP contribution is -2.31. The van der Waals surface area contributed by atoms with Crippen LogP contribution in [0.4, 0.5) is 11.4 Å². The van der Waals surface area contributed by atoms with E-state index in [1.54, 1.807) is 26.0 Å². The maximum absolute atomic E-state index is 13.1. The van der Waals surface area contributed by atoms with Crippen LogP contribution >= 0.6 is 0 Å². The molecule has 0 fully saturated rings. The number of ether oxygens (including phenoxy) is 3. The van der Waals surface area contributed by atoms with Gasteiger partial charge in [-0.15, -0.1) is 0 Å². The number of hydrogen-bond donors (Lipinski definition) is 1. The molecule has 0 aliphatic carbocycles. The third kappa shape index (κ3) is 5.66. The van der Waals surface area contributed by atoms with Crippen LogP contribution in [0.25, 0.3) is 0 Å². The van der Waals surface area contributed by atoms with Gasteiger partial charge in [0.1, 0.15) is 0 Å². The number of carbonyl (C=O) groups excluding carboxylic acids is 2. The molecule has 0 saturated heterocycles. The Kier molecular flexibility index (Phi) is 7.87. The molecule has 0 saturated carbocycles. The van der Waals surface area contributed by atoms with E-state index in [0.29, 0.717) is 11.3 Å². The van der Waals surface area contributed by atoms with Gasteiger partial charge in [0.2, 0.25) is 10.0 Å². The fraction of sp³-hybridized carbons (Fsp3) is 0.333. The molecule has 10 heteroatoms. The van der Waals surface area contributed by atoms with Gasteiger partial charge in [-0.1, -0.05) is 0 Å². The van der Waals surface area contributed by atoms with Crippen molar-refractivity contribution in [3.63, 3.8) is 0 Å². The number of benzene rings is 2. The molecule has 2 rings (SSSR count). The summed E-state index contributed by atoms with van der Waals surface area (Å²) < 4.78 is 41.2. The standard InChI is InChI=1S/C21H26N2O7S/c1-6-23(31(5,26)27)17-13-19(29-4)18(28-3)12-16(17)20(24)22-15-10-8-14(9-11-15)21(25)30-7-2/h8-13H,6-7H2,1-5H3,(H,22,24). The van der Waals surface area contributed by atoms with Crippen LogP contribution in [0.1, 0.15) is 34.6 Å². The third-order valence-electron chi connectivity index (χ3n) is 4.36. The van der Waals surface area contributed by atoms with Gasteiger partial charge in [-0.05, 0) is 44.2 Å². The SMILES string of the molecule is CCOC(=O)c1ccc(NC(=O)c2cc(OC)c(OC)cc2N(CC)S(C)(=O)=O)cc1. The Morgan fingerprint density at radius 1 is 1.00 bits per heavy atom. The van der Waals surface area contributed by atoms with Crippen molar-refractivity contribution >= 4 is 33.3 Å². The van der Waals surface area contributed by atoms with Crippen LogP contribution in [0.5, 0.6) is 11.5 Å². The summed E-state index contributed by atoms with van der Waals surface area (Å²) in [7, 11) is -0.819. The largest absolute Gasteiger partial charge is 0.493 e. The zero-order valence-corrected chi connectivity index (χ0v) is 18.9. The van der Waals surface area contributed by atoms with Crippen LogP contribution < -0.4 is 19.1 Å². The van der Waals surface area contributed by atoms with Gasteiger partial charge in [0.05, 0.1) is 43.9 Å². The third-order valence-corrected chi connectivity index (χ3v) is 5.61. The van der Waals surface area contributed by atoms with Crippen molar-refractivity contribution in [2.45, 2.75) is 13.8 Å². The molecule has 2 aromatic rings. The highest BCUT2D eigenvalue weighted by Crippen LogP contribution is 2.36. The van der Waals surface area contributed by atoms with Gasteiger partial charge in [-0.3, -0.25) is 9.10 Å². The molecule has 0 aliphatic rings. The molecule has 1 N–H and O–H groups in total. The molecule has 0 atom stereocenters. The molecule has 31 heavy (non-hydrogen) atoms. The highest BCUT2D eigenvalue weighted by molar-refractivity contribution is 7.92. The number of carbonyl (C=O) groups is 2. The van der Waals surface area contributed by atoms with Crippen molar-refractivity contribution in [3.05, 3.63) is 47.5 Å². The van der Waals surface area contributed by atoms with Gasteiger partial charge in [0, 0.05) is 18.3 Å². The number of amides is 1. The summed E-state index contributed by atoms with van der Waals surface area (Å²) in [5.41, 5.74) is 1.00. The summed E-state index contributed by atoms with van der Waals surface area (Å²) in [6, 6.07) is 9.03. The normalized spacial score (nSPS) is 10.9. The van der Waals surface area contributed by atoms with Crippen LogP contribution in [0.3, 0.4) is 0 Å². The number of esters is 1. The number of nitrogens with zero attached hydrogens (tertiary/aromatic N) is 1. The Bertz CT molecular complexity index is 1050. The second-order valence-electron chi connectivity index (χ2n) is 6.40. The van der Waals surface area contributed by atoms with E-state index in [0.717, 1.165) is 10.6 Å². The van der Waals surface area contributed by atoms with Gasteiger partial charge in [-0.2, -0.15) is 0 Å². The summed E-state index contributed by atoms with van der Waals surface area (Å²) >= 11 is 0. The molecular weight excluding hydrogens is 424 g/mol. The Morgan fingerprint density at radius 3 is 2.06 bits per heavy atom. The second kappa shape index (κ2) is 10.2. The topological polar surface area (TPSA) is 111 Å². The molecule has 0 aliphatic heterocycles. The molecule has 0 heterocycles. The van der Waals surface area contributed by atoms with Crippen LogP contribution in [0.15, 0.2) is 36.4 Å². The van der Waals surface area contributed by atoms with Crippen molar-refractivity contribution < 1.29 is 32.2 Å². The lowest BCUT2D eigenvalue weighted by molar-refractivity contribution is 0.0526. The van der Waals surface area contributed by atoms with Crippen LogP contribution in [0.2, 0.25) is 0 Å². The van der Waals surface area contributed by atoms with Crippen molar-refractivity contribution in [2.75, 3.05) is 43.2 Å². The Morgan fingerprint density at radius 2 is 1.58 bits per heavy atom. The van der Waals surface area contributed by atoms with Crippen LogP contribution in [-0.4, -0.2) is 53.9 Å². The van der Waals surface area contributed by atoms with Crippen LogP contribution in [0, 0.1) is 0 Å². The number of sulfonamides is 1.